The third-order valence-corrected chi connectivity index (χ3v) is 2.45. The number of nitrogen functional groups attached to an aromatic ring is 1. The van der Waals surface area contributed by atoms with Gasteiger partial charge >= 0.3 is 0 Å². The molecule has 0 atom stereocenters. The molecule has 0 spiro atoms. The normalized spacial score (nSPS) is 10.1. The molecule has 1 aromatic carbocycles. The SMILES string of the molecule is COc1cccc(Cc2cccnc2N)c1. The van der Waals surface area contributed by atoms with E-state index in [1.807, 2.05) is 30.3 Å². The van der Waals surface area contributed by atoms with Crippen LogP contribution in [-0.4, -0.2) is 12.1 Å². The average molecular weight is 214 g/mol. The van der Waals surface area contributed by atoms with Crippen molar-refractivity contribution >= 4 is 5.82 Å². The van der Waals surface area contributed by atoms with Crippen molar-refractivity contribution in [1.29, 1.82) is 0 Å². The van der Waals surface area contributed by atoms with E-state index in [9.17, 15) is 0 Å². The summed E-state index contributed by atoms with van der Waals surface area (Å²) < 4.78 is 5.18. The summed E-state index contributed by atoms with van der Waals surface area (Å²) in [6.07, 6.45) is 2.47. The zero-order valence-corrected chi connectivity index (χ0v) is 9.18. The Labute approximate surface area is 94.9 Å². The van der Waals surface area contributed by atoms with Crippen LogP contribution in [0.15, 0.2) is 42.6 Å². The van der Waals surface area contributed by atoms with Crippen LogP contribution >= 0.6 is 0 Å². The van der Waals surface area contributed by atoms with Gasteiger partial charge in [-0.3, -0.25) is 0 Å². The number of nitrogens with zero attached hydrogens (tertiary/aromatic N) is 1. The molecule has 0 unspecified atom stereocenters. The first-order chi connectivity index (χ1) is 7.79. The lowest BCUT2D eigenvalue weighted by atomic mass is 10.1. The molecule has 0 amide bonds. The maximum absolute atomic E-state index is 5.80. The van der Waals surface area contributed by atoms with Gasteiger partial charge < -0.3 is 10.5 Å². The number of hydrogen-bond acceptors (Lipinski definition) is 3. The van der Waals surface area contributed by atoms with Gasteiger partial charge in [-0.25, -0.2) is 4.98 Å². The first kappa shape index (κ1) is 10.5. The molecule has 0 fully saturated rings. The number of nitrogens with two attached hydrogens (primary N) is 1. The van der Waals surface area contributed by atoms with Gasteiger partial charge in [-0.05, 0) is 29.3 Å². The Morgan fingerprint density at radius 3 is 2.88 bits per heavy atom. The van der Waals surface area contributed by atoms with E-state index in [1.54, 1.807) is 13.3 Å². The van der Waals surface area contributed by atoms with Gasteiger partial charge in [-0.15, -0.1) is 0 Å². The van der Waals surface area contributed by atoms with Crippen LogP contribution in [0.1, 0.15) is 11.1 Å². The van der Waals surface area contributed by atoms with Crippen molar-refractivity contribution in [3.05, 3.63) is 53.7 Å². The van der Waals surface area contributed by atoms with Crippen LogP contribution in [0.5, 0.6) is 5.75 Å². The molecule has 1 aromatic heterocycles. The van der Waals surface area contributed by atoms with E-state index in [1.165, 1.54) is 5.56 Å². The van der Waals surface area contributed by atoms with Gasteiger partial charge in [-0.1, -0.05) is 18.2 Å². The highest BCUT2D eigenvalue weighted by atomic mass is 16.5. The standard InChI is InChI=1S/C13H14N2O/c1-16-12-6-2-4-10(9-12)8-11-5-3-7-15-13(11)14/h2-7,9H,8H2,1H3,(H2,14,15). The van der Waals surface area contributed by atoms with Gasteiger partial charge in [0.05, 0.1) is 7.11 Å². The summed E-state index contributed by atoms with van der Waals surface area (Å²) in [4.78, 5) is 4.06. The molecule has 1 heterocycles. The van der Waals surface area contributed by atoms with E-state index < -0.39 is 0 Å². The zero-order valence-electron chi connectivity index (χ0n) is 9.18. The summed E-state index contributed by atoms with van der Waals surface area (Å²) in [5.41, 5.74) is 8.00. The molecule has 2 rings (SSSR count). The van der Waals surface area contributed by atoms with Gasteiger partial charge in [-0.2, -0.15) is 0 Å². The number of hydrogen-bond donors (Lipinski definition) is 1. The van der Waals surface area contributed by atoms with E-state index in [2.05, 4.69) is 11.1 Å². The second-order valence-electron chi connectivity index (χ2n) is 3.58. The fraction of sp³-hybridized carbons (Fsp3) is 0.154. The molecule has 0 aliphatic heterocycles. The summed E-state index contributed by atoms with van der Waals surface area (Å²) >= 11 is 0. The number of benzene rings is 1. The third kappa shape index (κ3) is 2.31. The Hall–Kier alpha value is -2.03. The molecule has 3 heteroatoms. The maximum Gasteiger partial charge on any atom is 0.126 e. The number of methoxy groups -OCH3 is 1. The van der Waals surface area contributed by atoms with Crippen molar-refractivity contribution in [2.45, 2.75) is 6.42 Å². The van der Waals surface area contributed by atoms with E-state index in [0.717, 1.165) is 17.7 Å². The smallest absolute Gasteiger partial charge is 0.126 e. The van der Waals surface area contributed by atoms with Gasteiger partial charge in [0.15, 0.2) is 0 Å². The highest BCUT2D eigenvalue weighted by molar-refractivity contribution is 5.42. The summed E-state index contributed by atoms with van der Waals surface area (Å²) in [6.45, 7) is 0. The topological polar surface area (TPSA) is 48.1 Å². The van der Waals surface area contributed by atoms with Crippen molar-refractivity contribution in [3.8, 4) is 5.75 Å². The molecule has 0 aliphatic carbocycles. The largest absolute Gasteiger partial charge is 0.497 e. The predicted molar refractivity (Wildman–Crippen MR) is 64.4 cm³/mol. The van der Waals surface area contributed by atoms with Crippen LogP contribution in [0, 0.1) is 0 Å². The number of anilines is 1. The van der Waals surface area contributed by atoms with Crippen molar-refractivity contribution in [3.63, 3.8) is 0 Å². The van der Waals surface area contributed by atoms with Crippen molar-refractivity contribution in [1.82, 2.24) is 4.98 Å². The summed E-state index contributed by atoms with van der Waals surface area (Å²) in [5, 5.41) is 0. The van der Waals surface area contributed by atoms with E-state index in [4.69, 9.17) is 10.5 Å². The first-order valence-electron chi connectivity index (χ1n) is 5.12. The molecular weight excluding hydrogens is 200 g/mol. The predicted octanol–water partition coefficient (Wildman–Crippen LogP) is 2.26. The lowest BCUT2D eigenvalue weighted by Gasteiger charge is -2.06. The zero-order chi connectivity index (χ0) is 11.4. The molecule has 0 saturated heterocycles. The first-order valence-corrected chi connectivity index (χ1v) is 5.12. The van der Waals surface area contributed by atoms with Gasteiger partial charge in [0.2, 0.25) is 0 Å². The number of ether oxygens (including phenoxy) is 1. The highest BCUT2D eigenvalue weighted by Crippen LogP contribution is 2.18. The van der Waals surface area contributed by atoms with E-state index >= 15 is 0 Å². The number of aromatic nitrogens is 1. The Balaban J connectivity index is 2.24. The molecule has 3 nitrogen and oxygen atoms in total. The summed E-state index contributed by atoms with van der Waals surface area (Å²) in [5.74, 6) is 1.45. The Bertz CT molecular complexity index is 483. The van der Waals surface area contributed by atoms with Gasteiger partial charge in [0.25, 0.3) is 0 Å². The molecule has 82 valence electrons. The van der Waals surface area contributed by atoms with Crippen LogP contribution in [-0.2, 0) is 6.42 Å². The van der Waals surface area contributed by atoms with E-state index in [0.29, 0.717) is 5.82 Å². The second kappa shape index (κ2) is 4.66. The molecule has 0 aliphatic rings. The van der Waals surface area contributed by atoms with Crippen LogP contribution in [0.2, 0.25) is 0 Å². The minimum atomic E-state index is 0.588. The lowest BCUT2D eigenvalue weighted by Crippen LogP contribution is -1.98. The fourth-order valence-electron chi connectivity index (χ4n) is 1.60. The Morgan fingerprint density at radius 1 is 1.25 bits per heavy atom. The highest BCUT2D eigenvalue weighted by Gasteiger charge is 2.01. The second-order valence-corrected chi connectivity index (χ2v) is 3.58. The number of rotatable bonds is 3. The fourth-order valence-corrected chi connectivity index (χ4v) is 1.60. The quantitative estimate of drug-likeness (QED) is 0.852. The summed E-state index contributed by atoms with van der Waals surface area (Å²) in [6, 6.07) is 11.8. The van der Waals surface area contributed by atoms with Crippen LogP contribution in [0.3, 0.4) is 0 Å². The Kier molecular flexibility index (Phi) is 3.05. The van der Waals surface area contributed by atoms with Crippen molar-refractivity contribution in [2.75, 3.05) is 12.8 Å². The minimum Gasteiger partial charge on any atom is -0.497 e. The Morgan fingerprint density at radius 2 is 2.12 bits per heavy atom. The molecule has 0 saturated carbocycles. The van der Waals surface area contributed by atoms with Crippen molar-refractivity contribution in [2.24, 2.45) is 0 Å². The molecule has 0 bridgehead atoms. The monoisotopic (exact) mass is 214 g/mol. The van der Waals surface area contributed by atoms with Gasteiger partial charge in [0, 0.05) is 12.6 Å². The van der Waals surface area contributed by atoms with Crippen LogP contribution in [0.25, 0.3) is 0 Å². The van der Waals surface area contributed by atoms with Crippen molar-refractivity contribution < 1.29 is 4.74 Å². The van der Waals surface area contributed by atoms with Crippen LogP contribution in [0.4, 0.5) is 5.82 Å². The molecule has 16 heavy (non-hydrogen) atoms. The van der Waals surface area contributed by atoms with E-state index in [-0.39, 0.29) is 0 Å². The number of pyridine rings is 1. The molecule has 0 radical (unpaired) electrons. The average Bonchev–Trinajstić information content (AvgIpc) is 2.32. The summed E-state index contributed by atoms with van der Waals surface area (Å²) in [7, 11) is 1.66. The molecule has 2 aromatic rings. The molecule has 2 N–H and O–H groups in total. The minimum absolute atomic E-state index is 0.588. The lowest BCUT2D eigenvalue weighted by molar-refractivity contribution is 0.414. The molecular formula is C13H14N2O. The third-order valence-electron chi connectivity index (χ3n) is 2.45. The maximum atomic E-state index is 5.80. The van der Waals surface area contributed by atoms with Gasteiger partial charge in [0.1, 0.15) is 11.6 Å². The van der Waals surface area contributed by atoms with Crippen LogP contribution < -0.4 is 10.5 Å².